The molecule has 0 aliphatic carbocycles. The maximum atomic E-state index is 2.44. The van der Waals surface area contributed by atoms with Crippen molar-refractivity contribution in [2.45, 2.75) is 110 Å². The molecule has 0 saturated heterocycles. The number of nitrogens with zero attached hydrogens (tertiary/aromatic N) is 2. The molecule has 0 rings (SSSR count). The minimum atomic E-state index is 0. The Kier molecular flexibility index (Phi) is 26.3. The first kappa shape index (κ1) is 34.5. The molecule has 0 saturated carbocycles. The van der Waals surface area contributed by atoms with E-state index in [1.165, 1.54) is 131 Å². The summed E-state index contributed by atoms with van der Waals surface area (Å²) in [5.41, 5.74) is 0. The molecule has 0 fully saturated rings. The zero-order chi connectivity index (χ0) is 20.4. The van der Waals surface area contributed by atoms with Crippen LogP contribution in [0, 0.1) is 0 Å². The van der Waals surface area contributed by atoms with Crippen molar-refractivity contribution < 1.29 is 42.9 Å². The second-order valence-corrected chi connectivity index (χ2v) is 10.4. The Morgan fingerprint density at radius 1 is 0.345 bits per heavy atom. The van der Waals surface area contributed by atoms with E-state index in [1.54, 1.807) is 0 Å². The fraction of sp³-hybridized carbons (Fsp3) is 1.00. The molecule has 0 spiro atoms. The summed E-state index contributed by atoms with van der Waals surface area (Å²) in [6.07, 6.45) is 21.3. The highest BCUT2D eigenvalue weighted by molar-refractivity contribution is 4.48. The van der Waals surface area contributed by atoms with E-state index < -0.39 is 0 Å². The highest BCUT2D eigenvalue weighted by Crippen LogP contribution is 2.12. The number of hydrogen-bond acceptors (Lipinski definition) is 0. The van der Waals surface area contributed by atoms with Gasteiger partial charge in [0.15, 0.2) is 0 Å². The van der Waals surface area contributed by atoms with Gasteiger partial charge in [0.25, 0.3) is 0 Å². The van der Waals surface area contributed by atoms with Gasteiger partial charge in [-0.25, -0.2) is 0 Å². The molecule has 0 atom stereocenters. The van der Waals surface area contributed by atoms with Crippen molar-refractivity contribution in [1.29, 1.82) is 0 Å². The van der Waals surface area contributed by atoms with Crippen molar-refractivity contribution in [3.05, 3.63) is 0 Å². The molecule has 0 aromatic rings. The summed E-state index contributed by atoms with van der Waals surface area (Å²) in [6.45, 7) is 10.1. The molecule has 2 nitrogen and oxygen atoms in total. The van der Waals surface area contributed by atoms with Gasteiger partial charge in [0.1, 0.15) is 0 Å². The third-order valence-electron chi connectivity index (χ3n) is 6.26. The third-order valence-corrected chi connectivity index (χ3v) is 6.26. The molecule has 29 heavy (non-hydrogen) atoms. The SMILES string of the molecule is CCCCCCCC[N+](C)(C)CCCCC[N+](C)(C)CCCCCCCC.[Br-].[Br-]. The first-order valence-electron chi connectivity index (χ1n) is 12.5. The number of unbranched alkanes of at least 4 members (excludes halogenated alkanes) is 12. The summed E-state index contributed by atoms with van der Waals surface area (Å²) in [6, 6.07) is 0. The van der Waals surface area contributed by atoms with Crippen molar-refractivity contribution in [1.82, 2.24) is 0 Å². The summed E-state index contributed by atoms with van der Waals surface area (Å²) in [5, 5.41) is 0. The van der Waals surface area contributed by atoms with E-state index in [1.807, 2.05) is 0 Å². The van der Waals surface area contributed by atoms with Crippen LogP contribution in [0.3, 0.4) is 0 Å². The van der Waals surface area contributed by atoms with Gasteiger partial charge in [-0.05, 0) is 44.9 Å². The second-order valence-electron chi connectivity index (χ2n) is 10.4. The van der Waals surface area contributed by atoms with Crippen molar-refractivity contribution in [2.24, 2.45) is 0 Å². The van der Waals surface area contributed by atoms with Gasteiger partial charge in [-0.3, -0.25) is 0 Å². The predicted octanol–water partition coefficient (Wildman–Crippen LogP) is 1.04. The van der Waals surface area contributed by atoms with Gasteiger partial charge < -0.3 is 42.9 Å². The van der Waals surface area contributed by atoms with Gasteiger partial charge >= 0.3 is 0 Å². The number of rotatable bonds is 20. The molecule has 0 aromatic carbocycles. The molecule has 0 aliphatic rings. The molecule has 0 aliphatic heterocycles. The first-order chi connectivity index (χ1) is 12.8. The largest absolute Gasteiger partial charge is 1.00 e. The maximum absolute atomic E-state index is 2.44. The zero-order valence-corrected chi connectivity index (χ0v) is 24.3. The van der Waals surface area contributed by atoms with Crippen LogP contribution in [0.25, 0.3) is 0 Å². The van der Waals surface area contributed by atoms with Crippen molar-refractivity contribution in [3.8, 4) is 0 Å². The van der Waals surface area contributed by atoms with Crippen LogP contribution in [0.1, 0.15) is 110 Å². The molecule has 0 radical (unpaired) electrons. The van der Waals surface area contributed by atoms with Crippen LogP contribution in [0.15, 0.2) is 0 Å². The summed E-state index contributed by atoms with van der Waals surface area (Å²) in [7, 11) is 9.74. The monoisotopic (exact) mass is 542 g/mol. The topological polar surface area (TPSA) is 0 Å². The van der Waals surface area contributed by atoms with Crippen LogP contribution >= 0.6 is 0 Å². The van der Waals surface area contributed by atoms with Gasteiger partial charge in [-0.15, -0.1) is 0 Å². The van der Waals surface area contributed by atoms with Gasteiger partial charge in [-0.2, -0.15) is 0 Å². The van der Waals surface area contributed by atoms with Crippen LogP contribution in [-0.2, 0) is 0 Å². The quantitative estimate of drug-likeness (QED) is 0.159. The Hall–Kier alpha value is 0.880. The number of hydrogen-bond donors (Lipinski definition) is 0. The predicted molar refractivity (Wildman–Crippen MR) is 124 cm³/mol. The van der Waals surface area contributed by atoms with Gasteiger partial charge in [-0.1, -0.05) is 65.2 Å². The van der Waals surface area contributed by atoms with Crippen molar-refractivity contribution in [3.63, 3.8) is 0 Å². The van der Waals surface area contributed by atoms with Crippen LogP contribution < -0.4 is 34.0 Å². The summed E-state index contributed by atoms with van der Waals surface area (Å²) < 4.78 is 2.45. The van der Waals surface area contributed by atoms with Gasteiger partial charge in [0, 0.05) is 0 Å². The first-order valence-corrected chi connectivity index (χ1v) is 12.5. The molecular weight excluding hydrogens is 488 g/mol. The minimum Gasteiger partial charge on any atom is -1.00 e. The van der Waals surface area contributed by atoms with Crippen LogP contribution in [0.5, 0.6) is 0 Å². The van der Waals surface area contributed by atoms with Crippen molar-refractivity contribution in [2.75, 3.05) is 54.4 Å². The van der Waals surface area contributed by atoms with E-state index in [-0.39, 0.29) is 34.0 Å². The molecule has 0 aromatic heterocycles. The maximum Gasteiger partial charge on any atom is 0.0782 e. The van der Waals surface area contributed by atoms with E-state index >= 15 is 0 Å². The molecule has 0 N–H and O–H groups in total. The summed E-state index contributed by atoms with van der Waals surface area (Å²) >= 11 is 0. The van der Waals surface area contributed by atoms with E-state index in [2.05, 4.69) is 42.0 Å². The average Bonchev–Trinajstić information content (AvgIpc) is 2.60. The highest BCUT2D eigenvalue weighted by atomic mass is 79.9. The molecule has 180 valence electrons. The molecule has 0 heterocycles. The van der Waals surface area contributed by atoms with E-state index in [0.29, 0.717) is 0 Å². The molecule has 0 unspecified atom stereocenters. The molecule has 4 heteroatoms. The lowest BCUT2D eigenvalue weighted by Gasteiger charge is -2.31. The average molecular weight is 545 g/mol. The standard InChI is InChI=1S/C25H56N2.2BrH/c1-7-9-11-13-15-18-22-26(3,4)24-20-17-21-25-27(5,6)23-19-16-14-12-10-8-2;;/h7-25H2,1-6H3;2*1H/q+2;;/p-2. The van der Waals surface area contributed by atoms with Crippen LogP contribution in [0.2, 0.25) is 0 Å². The summed E-state index contributed by atoms with van der Waals surface area (Å²) in [4.78, 5) is 0. The fourth-order valence-corrected chi connectivity index (χ4v) is 4.12. The number of halogens is 2. The lowest BCUT2D eigenvalue weighted by atomic mass is 10.1. The normalized spacial score (nSPS) is 11.8. The van der Waals surface area contributed by atoms with Gasteiger partial charge in [0.2, 0.25) is 0 Å². The third kappa shape index (κ3) is 25.0. The lowest BCUT2D eigenvalue weighted by molar-refractivity contribution is -0.892. The zero-order valence-electron chi connectivity index (χ0n) is 21.1. The molecule has 0 bridgehead atoms. The Balaban J connectivity index is -0.00000338. The molecule has 0 amide bonds. The fourth-order valence-electron chi connectivity index (χ4n) is 4.12. The highest BCUT2D eigenvalue weighted by Gasteiger charge is 2.16. The van der Waals surface area contributed by atoms with E-state index in [4.69, 9.17) is 0 Å². The Morgan fingerprint density at radius 3 is 0.828 bits per heavy atom. The summed E-state index contributed by atoms with van der Waals surface area (Å²) in [5.74, 6) is 0. The minimum absolute atomic E-state index is 0. The Labute approximate surface area is 206 Å². The van der Waals surface area contributed by atoms with E-state index in [0.717, 1.165) is 0 Å². The van der Waals surface area contributed by atoms with E-state index in [9.17, 15) is 0 Å². The number of quaternary nitrogens is 2. The van der Waals surface area contributed by atoms with Crippen molar-refractivity contribution >= 4 is 0 Å². The van der Waals surface area contributed by atoms with Crippen LogP contribution in [0.4, 0.5) is 0 Å². The lowest BCUT2D eigenvalue weighted by Crippen LogP contribution is -3.00. The Bertz CT molecular complexity index is 290. The molecular formula is C25H56Br2N2. The smallest absolute Gasteiger partial charge is 0.0782 e. The van der Waals surface area contributed by atoms with Crippen LogP contribution in [-0.4, -0.2) is 63.3 Å². The van der Waals surface area contributed by atoms with Gasteiger partial charge in [0.05, 0.1) is 54.4 Å². The second kappa shape index (κ2) is 22.1. The Morgan fingerprint density at radius 2 is 0.552 bits per heavy atom.